The lowest BCUT2D eigenvalue weighted by Crippen LogP contribution is -2.48. The van der Waals surface area contributed by atoms with Crippen molar-refractivity contribution in [2.45, 2.75) is 50.5 Å². The van der Waals surface area contributed by atoms with E-state index >= 15 is 0 Å². The summed E-state index contributed by atoms with van der Waals surface area (Å²) >= 11 is 1.38. The van der Waals surface area contributed by atoms with Crippen molar-refractivity contribution in [3.63, 3.8) is 0 Å². The predicted octanol–water partition coefficient (Wildman–Crippen LogP) is 4.57. The Kier molecular flexibility index (Phi) is 9.89. The second-order valence-corrected chi connectivity index (χ2v) is 13.2. The Labute approximate surface area is 250 Å². The fourth-order valence-corrected chi connectivity index (χ4v) is 8.13. The van der Waals surface area contributed by atoms with Crippen molar-refractivity contribution in [1.82, 2.24) is 9.21 Å². The molecule has 2 unspecified atom stereocenters. The molecule has 9 nitrogen and oxygen atoms in total. The third-order valence-corrected chi connectivity index (χ3v) is 10.1. The number of carbonyl (C=O) groups excluding carboxylic acids is 2. The molecule has 3 aromatic rings. The van der Waals surface area contributed by atoms with Gasteiger partial charge in [-0.3, -0.25) is 9.69 Å². The number of carbonyl (C=O) groups is 2. The van der Waals surface area contributed by atoms with E-state index in [4.69, 9.17) is 9.47 Å². The molecule has 0 saturated carbocycles. The summed E-state index contributed by atoms with van der Waals surface area (Å²) in [6.07, 6.45) is 0.272. The predicted molar refractivity (Wildman–Crippen MR) is 160 cm³/mol. The SMILES string of the molecule is COC(=O)c1c(NC(=O)c2ccc(S(=O)(=O)N3CC(C)OC(C)C3)cc2)sc2c1CCN(Cc1ccccc1)C2.Cl. The molecular weight excluding hydrogens is 586 g/mol. The topological polar surface area (TPSA) is 105 Å². The highest BCUT2D eigenvalue weighted by molar-refractivity contribution is 7.89. The molecule has 12 heteroatoms. The molecular formula is C29H34ClN3O6S2. The number of hydrogen-bond acceptors (Lipinski definition) is 8. The summed E-state index contributed by atoms with van der Waals surface area (Å²) in [5.41, 5.74) is 2.81. The third kappa shape index (κ3) is 6.82. The Morgan fingerprint density at radius 2 is 1.71 bits per heavy atom. The Morgan fingerprint density at radius 3 is 2.34 bits per heavy atom. The van der Waals surface area contributed by atoms with Crippen molar-refractivity contribution < 1.29 is 27.5 Å². The summed E-state index contributed by atoms with van der Waals surface area (Å²) in [5.74, 6) is -0.915. The Hall–Kier alpha value is -2.80. The van der Waals surface area contributed by atoms with E-state index in [9.17, 15) is 18.0 Å². The fraction of sp³-hybridized carbons (Fsp3) is 0.379. The van der Waals surface area contributed by atoms with Crippen LogP contribution in [-0.4, -0.2) is 68.5 Å². The zero-order valence-electron chi connectivity index (χ0n) is 23.2. The average Bonchev–Trinajstić information content (AvgIpc) is 3.29. The van der Waals surface area contributed by atoms with Crippen LogP contribution >= 0.6 is 23.7 Å². The van der Waals surface area contributed by atoms with Gasteiger partial charge in [-0.2, -0.15) is 4.31 Å². The van der Waals surface area contributed by atoms with Crippen molar-refractivity contribution in [3.05, 3.63) is 81.7 Å². The maximum Gasteiger partial charge on any atom is 0.341 e. The minimum atomic E-state index is -3.72. The van der Waals surface area contributed by atoms with Crippen LogP contribution in [0, 0.1) is 0 Å². The van der Waals surface area contributed by atoms with Gasteiger partial charge in [0.2, 0.25) is 10.0 Å². The molecule has 0 aliphatic carbocycles. The molecule has 0 radical (unpaired) electrons. The van der Waals surface area contributed by atoms with Crippen LogP contribution in [0.4, 0.5) is 5.00 Å². The normalized spacial score (nSPS) is 19.6. The fourth-order valence-electron chi connectivity index (χ4n) is 5.27. The van der Waals surface area contributed by atoms with E-state index in [1.165, 1.54) is 52.6 Å². The molecule has 1 amide bonds. The number of hydrogen-bond donors (Lipinski definition) is 1. The molecule has 220 valence electrons. The van der Waals surface area contributed by atoms with Crippen LogP contribution in [0.5, 0.6) is 0 Å². The molecule has 5 rings (SSSR count). The van der Waals surface area contributed by atoms with Crippen molar-refractivity contribution in [2.75, 3.05) is 32.1 Å². The molecule has 3 heterocycles. The van der Waals surface area contributed by atoms with Crippen LogP contribution in [0.1, 0.15) is 50.6 Å². The molecule has 2 atom stereocenters. The lowest BCUT2D eigenvalue weighted by atomic mass is 10.0. The number of sulfonamides is 1. The van der Waals surface area contributed by atoms with Gasteiger partial charge >= 0.3 is 5.97 Å². The molecule has 2 aliphatic rings. The standard InChI is InChI=1S/C29H33N3O6S2.ClH/c1-19-15-32(16-20(2)38-19)40(35,36)23-11-9-22(10-12-23)27(33)30-28-26(29(34)37-3)24-13-14-31(18-25(24)39-28)17-21-7-5-4-6-8-21;/h4-12,19-20H,13-18H2,1-3H3,(H,30,33);1H. The van der Waals surface area contributed by atoms with Crippen LogP contribution in [0.25, 0.3) is 0 Å². The molecule has 1 saturated heterocycles. The van der Waals surface area contributed by atoms with Crippen molar-refractivity contribution >= 4 is 50.6 Å². The first kappa shape index (κ1) is 31.1. The number of esters is 1. The summed E-state index contributed by atoms with van der Waals surface area (Å²) in [4.78, 5) is 29.4. The number of fused-ring (bicyclic) bond motifs is 1. The summed E-state index contributed by atoms with van der Waals surface area (Å²) in [5, 5.41) is 3.32. The second kappa shape index (κ2) is 13.0. The molecule has 41 heavy (non-hydrogen) atoms. The Bertz CT molecular complexity index is 1480. The monoisotopic (exact) mass is 619 g/mol. The lowest BCUT2D eigenvalue weighted by Gasteiger charge is -2.34. The highest BCUT2D eigenvalue weighted by Gasteiger charge is 2.33. The first-order valence-electron chi connectivity index (χ1n) is 13.2. The van der Waals surface area contributed by atoms with E-state index in [1.807, 2.05) is 32.0 Å². The van der Waals surface area contributed by atoms with Gasteiger partial charge in [0.25, 0.3) is 5.91 Å². The molecule has 0 spiro atoms. The van der Waals surface area contributed by atoms with Crippen LogP contribution in [0.15, 0.2) is 59.5 Å². The van der Waals surface area contributed by atoms with E-state index in [1.54, 1.807) is 0 Å². The number of amides is 1. The van der Waals surface area contributed by atoms with E-state index in [2.05, 4.69) is 22.3 Å². The van der Waals surface area contributed by atoms with Crippen molar-refractivity contribution in [3.8, 4) is 0 Å². The highest BCUT2D eigenvalue weighted by Crippen LogP contribution is 2.38. The van der Waals surface area contributed by atoms with Crippen LogP contribution < -0.4 is 5.32 Å². The van der Waals surface area contributed by atoms with Gasteiger partial charge in [-0.1, -0.05) is 30.3 Å². The second-order valence-electron chi connectivity index (χ2n) is 10.2. The zero-order chi connectivity index (χ0) is 28.4. The first-order chi connectivity index (χ1) is 19.2. The number of ether oxygens (including phenoxy) is 2. The highest BCUT2D eigenvalue weighted by atomic mass is 35.5. The van der Waals surface area contributed by atoms with E-state index in [-0.39, 0.29) is 48.2 Å². The number of nitrogens with zero attached hydrogens (tertiary/aromatic N) is 2. The van der Waals surface area contributed by atoms with Gasteiger partial charge < -0.3 is 14.8 Å². The quantitative estimate of drug-likeness (QED) is 0.387. The number of morpholine rings is 1. The zero-order valence-corrected chi connectivity index (χ0v) is 25.6. The van der Waals surface area contributed by atoms with Gasteiger partial charge in [0.15, 0.2) is 0 Å². The molecule has 2 aliphatic heterocycles. The number of nitrogens with one attached hydrogen (secondary N) is 1. The number of benzene rings is 2. The summed E-state index contributed by atoms with van der Waals surface area (Å²) in [7, 11) is -2.39. The minimum absolute atomic E-state index is 0. The number of methoxy groups -OCH3 is 1. The smallest absolute Gasteiger partial charge is 0.341 e. The maximum absolute atomic E-state index is 13.2. The first-order valence-corrected chi connectivity index (χ1v) is 15.5. The maximum atomic E-state index is 13.2. The molecule has 2 aromatic carbocycles. The molecule has 1 aromatic heterocycles. The van der Waals surface area contributed by atoms with Gasteiger partial charge in [-0.15, -0.1) is 23.7 Å². The number of rotatable bonds is 7. The van der Waals surface area contributed by atoms with Gasteiger partial charge in [0.1, 0.15) is 5.00 Å². The summed E-state index contributed by atoms with van der Waals surface area (Å²) in [6.45, 7) is 6.49. The largest absolute Gasteiger partial charge is 0.465 e. The number of halogens is 1. The van der Waals surface area contributed by atoms with Crippen molar-refractivity contribution in [2.24, 2.45) is 0 Å². The number of anilines is 1. The van der Waals surface area contributed by atoms with Gasteiger partial charge in [0.05, 0.1) is 29.8 Å². The lowest BCUT2D eigenvalue weighted by molar-refractivity contribution is -0.0440. The van der Waals surface area contributed by atoms with E-state index < -0.39 is 21.9 Å². The van der Waals surface area contributed by atoms with Gasteiger partial charge in [-0.25, -0.2) is 13.2 Å². The molecule has 1 fully saturated rings. The van der Waals surface area contributed by atoms with Gasteiger partial charge in [0, 0.05) is 43.2 Å². The third-order valence-electron chi connectivity index (χ3n) is 7.14. The minimum Gasteiger partial charge on any atom is -0.465 e. The van der Waals surface area contributed by atoms with Gasteiger partial charge in [-0.05, 0) is 55.7 Å². The van der Waals surface area contributed by atoms with E-state index in [0.717, 1.165) is 23.5 Å². The van der Waals surface area contributed by atoms with E-state index in [0.29, 0.717) is 23.5 Å². The number of thiophene rings is 1. The molecule has 0 bridgehead atoms. The summed E-state index contributed by atoms with van der Waals surface area (Å²) in [6, 6.07) is 16.1. The molecule has 1 N–H and O–H groups in total. The summed E-state index contributed by atoms with van der Waals surface area (Å²) < 4.78 is 38.5. The van der Waals surface area contributed by atoms with Crippen molar-refractivity contribution in [1.29, 1.82) is 0 Å². The van der Waals surface area contributed by atoms with Crippen LogP contribution in [0.3, 0.4) is 0 Å². The van der Waals surface area contributed by atoms with Crippen LogP contribution in [0.2, 0.25) is 0 Å². The average molecular weight is 620 g/mol. The Morgan fingerprint density at radius 1 is 1.05 bits per heavy atom. The Balaban J connectivity index is 0.00000387. The van der Waals surface area contributed by atoms with Crippen LogP contribution in [-0.2, 0) is 39.0 Å².